The summed E-state index contributed by atoms with van der Waals surface area (Å²) in [5.41, 5.74) is 2.46. The van der Waals surface area contributed by atoms with Gasteiger partial charge in [0, 0.05) is 16.4 Å². The van der Waals surface area contributed by atoms with Crippen molar-refractivity contribution >= 4 is 27.5 Å². The Balaban J connectivity index is 2.47. The number of thiophene rings is 1. The fraction of sp³-hybridized carbons (Fsp3) is 0.409. The molecule has 0 amide bonds. The van der Waals surface area contributed by atoms with E-state index < -0.39 is 11.5 Å². The van der Waals surface area contributed by atoms with E-state index in [-0.39, 0.29) is 11.5 Å². The molecule has 3 aromatic rings. The number of aryl methyl sites for hydroxylation is 3. The highest BCUT2D eigenvalue weighted by molar-refractivity contribution is 7.19. The molecule has 0 unspecified atom stereocenters. The van der Waals surface area contributed by atoms with Crippen LogP contribution in [0, 0.1) is 20.8 Å². The number of hydrogen-bond acceptors (Lipinski definition) is 4. The van der Waals surface area contributed by atoms with E-state index in [1.54, 1.807) is 13.8 Å². The number of benzene rings is 1. The van der Waals surface area contributed by atoms with E-state index in [0.717, 1.165) is 21.6 Å². The van der Waals surface area contributed by atoms with Crippen molar-refractivity contribution in [2.45, 2.75) is 59.9 Å². The number of rotatable bonds is 4. The summed E-state index contributed by atoms with van der Waals surface area (Å²) in [5.74, 6) is -0.640. The van der Waals surface area contributed by atoms with Gasteiger partial charge in [0.15, 0.2) is 0 Å². The molecule has 1 N–H and O–H groups in total. The van der Waals surface area contributed by atoms with Crippen molar-refractivity contribution in [3.63, 3.8) is 0 Å². The Morgan fingerprint density at radius 1 is 1.18 bits per heavy atom. The molecular formula is C22H26N2O3S. The van der Waals surface area contributed by atoms with Gasteiger partial charge in [0.1, 0.15) is 16.2 Å². The molecule has 28 heavy (non-hydrogen) atoms. The van der Waals surface area contributed by atoms with Crippen molar-refractivity contribution in [1.82, 2.24) is 9.55 Å². The van der Waals surface area contributed by atoms with Crippen LogP contribution in [0.3, 0.4) is 0 Å². The summed E-state index contributed by atoms with van der Waals surface area (Å²) in [6.07, 6.45) is 0. The topological polar surface area (TPSA) is 72.2 Å². The summed E-state index contributed by atoms with van der Waals surface area (Å²) in [5, 5.41) is 10.3. The van der Waals surface area contributed by atoms with Crippen LogP contribution in [-0.2, 0) is 10.3 Å². The van der Waals surface area contributed by atoms with Crippen molar-refractivity contribution in [3.8, 4) is 11.1 Å². The SMILES string of the molecule is Cc1ccc(-c2c(C)sc3nc(C(C)C)n(C(C)(C)C(=O)O)c(=O)c23)cc1C. The average molecular weight is 399 g/mol. The van der Waals surface area contributed by atoms with Crippen LogP contribution in [0.25, 0.3) is 21.3 Å². The maximum Gasteiger partial charge on any atom is 0.329 e. The molecule has 0 bridgehead atoms. The number of carbonyl (C=O) groups is 1. The van der Waals surface area contributed by atoms with E-state index in [4.69, 9.17) is 4.98 Å². The third-order valence-corrected chi connectivity index (χ3v) is 6.32. The lowest BCUT2D eigenvalue weighted by atomic mass is 9.98. The number of hydrogen-bond donors (Lipinski definition) is 1. The van der Waals surface area contributed by atoms with Gasteiger partial charge in [-0.15, -0.1) is 11.3 Å². The van der Waals surface area contributed by atoms with Crippen LogP contribution in [0.15, 0.2) is 23.0 Å². The van der Waals surface area contributed by atoms with E-state index in [1.165, 1.54) is 21.5 Å². The fourth-order valence-corrected chi connectivity index (χ4v) is 4.49. The normalized spacial score (nSPS) is 12.1. The standard InChI is InChI=1S/C22H26N2O3S/c1-11(2)18-23-19-17(20(25)24(18)22(6,7)21(26)27)16(14(5)28-19)15-9-8-12(3)13(4)10-15/h8-11H,1-7H3,(H,26,27). The first-order valence-electron chi connectivity index (χ1n) is 9.34. The minimum absolute atomic E-state index is 0.0804. The molecule has 0 aliphatic heterocycles. The zero-order valence-electron chi connectivity index (χ0n) is 17.4. The van der Waals surface area contributed by atoms with Crippen LogP contribution >= 0.6 is 11.3 Å². The smallest absolute Gasteiger partial charge is 0.329 e. The summed E-state index contributed by atoms with van der Waals surface area (Å²) in [6.45, 7) is 13.0. The van der Waals surface area contributed by atoms with Gasteiger partial charge in [0.25, 0.3) is 5.56 Å². The average Bonchev–Trinajstić information content (AvgIpc) is 2.93. The first-order valence-corrected chi connectivity index (χ1v) is 10.2. The van der Waals surface area contributed by atoms with Gasteiger partial charge in [0.05, 0.1) is 5.39 Å². The summed E-state index contributed by atoms with van der Waals surface area (Å²) >= 11 is 1.49. The van der Waals surface area contributed by atoms with Crippen LogP contribution < -0.4 is 5.56 Å². The summed E-state index contributed by atoms with van der Waals surface area (Å²) in [6, 6.07) is 6.13. The lowest BCUT2D eigenvalue weighted by Gasteiger charge is -2.27. The number of aliphatic carboxylic acids is 1. The minimum atomic E-state index is -1.39. The highest BCUT2D eigenvalue weighted by atomic mass is 32.1. The molecule has 0 atom stereocenters. The molecule has 3 rings (SSSR count). The molecule has 2 aromatic heterocycles. The lowest BCUT2D eigenvalue weighted by molar-refractivity contribution is -0.146. The van der Waals surface area contributed by atoms with Crippen LogP contribution in [0.5, 0.6) is 0 Å². The maximum absolute atomic E-state index is 13.6. The second kappa shape index (κ2) is 6.85. The Morgan fingerprint density at radius 2 is 1.82 bits per heavy atom. The van der Waals surface area contributed by atoms with Gasteiger partial charge in [-0.3, -0.25) is 9.36 Å². The summed E-state index contributed by atoms with van der Waals surface area (Å²) in [7, 11) is 0. The Morgan fingerprint density at radius 3 is 2.36 bits per heavy atom. The van der Waals surface area contributed by atoms with Crippen molar-refractivity contribution in [2.75, 3.05) is 0 Å². The fourth-order valence-electron chi connectivity index (χ4n) is 3.44. The molecule has 0 radical (unpaired) electrons. The first kappa shape index (κ1) is 20.3. The van der Waals surface area contributed by atoms with E-state index >= 15 is 0 Å². The Labute approximate surface area is 168 Å². The van der Waals surface area contributed by atoms with Crippen molar-refractivity contribution in [1.29, 1.82) is 0 Å². The van der Waals surface area contributed by atoms with Gasteiger partial charge in [-0.05, 0) is 51.3 Å². The van der Waals surface area contributed by atoms with Crippen LogP contribution in [0.4, 0.5) is 0 Å². The Hall–Kier alpha value is -2.47. The third-order valence-electron chi connectivity index (χ3n) is 5.32. The van der Waals surface area contributed by atoms with Crippen molar-refractivity contribution < 1.29 is 9.90 Å². The summed E-state index contributed by atoms with van der Waals surface area (Å²) in [4.78, 5) is 32.0. The number of carboxylic acids is 1. The molecule has 0 spiro atoms. The minimum Gasteiger partial charge on any atom is -0.480 e. The summed E-state index contributed by atoms with van der Waals surface area (Å²) < 4.78 is 1.36. The maximum atomic E-state index is 13.6. The second-order valence-corrected chi connectivity index (χ2v) is 9.35. The first-order chi connectivity index (χ1) is 13.0. The molecule has 0 aliphatic rings. The Kier molecular flexibility index (Phi) is 4.96. The molecule has 0 saturated heterocycles. The molecule has 148 valence electrons. The second-order valence-electron chi connectivity index (χ2n) is 8.14. The molecule has 0 saturated carbocycles. The molecule has 0 fully saturated rings. The van der Waals surface area contributed by atoms with Gasteiger partial charge in [-0.25, -0.2) is 9.78 Å². The number of carboxylic acid groups (broad SMARTS) is 1. The van der Waals surface area contributed by atoms with Gasteiger partial charge in [-0.1, -0.05) is 32.0 Å². The number of nitrogens with zero attached hydrogens (tertiary/aromatic N) is 2. The highest BCUT2D eigenvalue weighted by Gasteiger charge is 2.35. The van der Waals surface area contributed by atoms with Crippen LogP contribution in [0.2, 0.25) is 0 Å². The van der Waals surface area contributed by atoms with Crippen molar-refractivity contribution in [3.05, 3.63) is 50.4 Å². The molecule has 5 nitrogen and oxygen atoms in total. The van der Waals surface area contributed by atoms with Gasteiger partial charge < -0.3 is 5.11 Å². The lowest BCUT2D eigenvalue weighted by Crippen LogP contribution is -2.45. The van der Waals surface area contributed by atoms with Crippen LogP contribution in [-0.4, -0.2) is 20.6 Å². The van der Waals surface area contributed by atoms with Crippen LogP contribution in [0.1, 0.15) is 55.4 Å². The van der Waals surface area contributed by atoms with Crippen molar-refractivity contribution in [2.24, 2.45) is 0 Å². The van der Waals surface area contributed by atoms with E-state index in [9.17, 15) is 14.7 Å². The number of aromatic nitrogens is 2. The molecular weight excluding hydrogens is 372 g/mol. The number of fused-ring (bicyclic) bond motifs is 1. The van der Waals surface area contributed by atoms with Gasteiger partial charge in [-0.2, -0.15) is 0 Å². The largest absolute Gasteiger partial charge is 0.480 e. The van der Waals surface area contributed by atoms with Gasteiger partial charge in [0.2, 0.25) is 0 Å². The predicted molar refractivity (Wildman–Crippen MR) is 115 cm³/mol. The zero-order valence-corrected chi connectivity index (χ0v) is 18.2. The van der Waals surface area contributed by atoms with E-state index in [1.807, 2.05) is 39.8 Å². The molecule has 1 aromatic carbocycles. The third kappa shape index (κ3) is 3.05. The monoisotopic (exact) mass is 398 g/mol. The molecule has 2 heterocycles. The molecule has 0 aliphatic carbocycles. The highest BCUT2D eigenvalue weighted by Crippen LogP contribution is 2.37. The predicted octanol–water partition coefficient (Wildman–Crippen LogP) is 4.99. The Bertz CT molecular complexity index is 1150. The van der Waals surface area contributed by atoms with Gasteiger partial charge >= 0.3 is 5.97 Å². The van der Waals surface area contributed by atoms with E-state index in [0.29, 0.717) is 16.0 Å². The zero-order chi connectivity index (χ0) is 21.0. The van der Waals surface area contributed by atoms with E-state index in [2.05, 4.69) is 13.0 Å². The molecule has 6 heteroatoms. The quantitative estimate of drug-likeness (QED) is 0.672.